The van der Waals surface area contributed by atoms with E-state index in [1.165, 1.54) is 14.5 Å². The molecule has 0 radical (unpaired) electrons. The standard InChI is InChI=1S/C9H12Te/c1-2-10-8-9-6-4-3-5-7-9/h3-7H,2,8H2,1H3. The number of benzene rings is 1. The van der Waals surface area contributed by atoms with E-state index in [9.17, 15) is 0 Å². The number of hydrogen-bond donors (Lipinski definition) is 0. The van der Waals surface area contributed by atoms with Gasteiger partial charge in [-0.3, -0.25) is 0 Å². The zero-order valence-corrected chi connectivity index (χ0v) is 8.54. The Balaban J connectivity index is 2.43. The SMILES string of the molecule is CC[Te]Cc1ccccc1. The minimum atomic E-state index is 0.293. The average molecular weight is 248 g/mol. The average Bonchev–Trinajstić information content (AvgIpc) is 2.03. The van der Waals surface area contributed by atoms with E-state index in [2.05, 4.69) is 37.3 Å². The molecule has 0 aliphatic rings. The van der Waals surface area contributed by atoms with E-state index in [0.29, 0.717) is 20.9 Å². The molecule has 0 N–H and O–H groups in total. The van der Waals surface area contributed by atoms with E-state index in [1.807, 2.05) is 0 Å². The molecule has 0 aliphatic carbocycles. The quantitative estimate of drug-likeness (QED) is 0.720. The summed E-state index contributed by atoms with van der Waals surface area (Å²) in [5.74, 6) is 0. The zero-order chi connectivity index (χ0) is 7.23. The molecule has 0 bridgehead atoms. The first-order chi connectivity index (χ1) is 4.93. The molecule has 0 spiro atoms. The van der Waals surface area contributed by atoms with Crippen molar-refractivity contribution in [2.24, 2.45) is 0 Å². The Bertz CT molecular complexity index is 169. The van der Waals surface area contributed by atoms with Crippen LogP contribution in [0.5, 0.6) is 0 Å². The zero-order valence-electron chi connectivity index (χ0n) is 6.21. The minimum absolute atomic E-state index is 0.293. The summed E-state index contributed by atoms with van der Waals surface area (Å²) in [6.45, 7) is 2.28. The van der Waals surface area contributed by atoms with Crippen molar-refractivity contribution in [3.63, 3.8) is 0 Å². The molecule has 1 aromatic rings. The topological polar surface area (TPSA) is 0 Å². The third kappa shape index (κ3) is 2.73. The summed E-state index contributed by atoms with van der Waals surface area (Å²) in [5, 5.41) is 0. The van der Waals surface area contributed by atoms with Crippen LogP contribution in [0.15, 0.2) is 30.3 Å². The molecule has 1 heteroatoms. The van der Waals surface area contributed by atoms with Gasteiger partial charge in [0.25, 0.3) is 0 Å². The van der Waals surface area contributed by atoms with Crippen molar-refractivity contribution in [1.29, 1.82) is 0 Å². The summed E-state index contributed by atoms with van der Waals surface area (Å²) in [6.07, 6.45) is 0. The second-order valence-corrected chi connectivity index (χ2v) is 5.76. The third-order valence-electron chi connectivity index (χ3n) is 1.32. The van der Waals surface area contributed by atoms with Crippen LogP contribution < -0.4 is 0 Å². The molecule has 0 amide bonds. The predicted octanol–water partition coefficient (Wildman–Crippen LogP) is 2.33. The molecule has 0 aromatic heterocycles. The van der Waals surface area contributed by atoms with Crippen LogP contribution >= 0.6 is 0 Å². The Morgan fingerprint density at radius 1 is 1.20 bits per heavy atom. The molecule has 10 heavy (non-hydrogen) atoms. The molecule has 1 rings (SSSR count). The van der Waals surface area contributed by atoms with E-state index >= 15 is 0 Å². The molecule has 0 unspecified atom stereocenters. The molecular formula is C9H12Te. The van der Waals surface area contributed by atoms with Gasteiger partial charge < -0.3 is 0 Å². The van der Waals surface area contributed by atoms with Crippen LogP contribution in [0.3, 0.4) is 0 Å². The van der Waals surface area contributed by atoms with Crippen molar-refractivity contribution >= 4 is 20.9 Å². The number of rotatable bonds is 3. The van der Waals surface area contributed by atoms with Gasteiger partial charge in [0, 0.05) is 0 Å². The summed E-state index contributed by atoms with van der Waals surface area (Å²) in [4.78, 5) is 0. The summed E-state index contributed by atoms with van der Waals surface area (Å²) in [6, 6.07) is 10.8. The molecular weight excluding hydrogens is 236 g/mol. The van der Waals surface area contributed by atoms with Crippen LogP contribution in [0.1, 0.15) is 12.5 Å². The van der Waals surface area contributed by atoms with E-state index in [-0.39, 0.29) is 0 Å². The molecule has 0 nitrogen and oxygen atoms in total. The van der Waals surface area contributed by atoms with E-state index < -0.39 is 0 Å². The van der Waals surface area contributed by atoms with Crippen LogP contribution in [0.25, 0.3) is 0 Å². The molecule has 0 saturated heterocycles. The van der Waals surface area contributed by atoms with Gasteiger partial charge in [-0.1, -0.05) is 0 Å². The summed E-state index contributed by atoms with van der Waals surface area (Å²) < 4.78 is 2.78. The van der Waals surface area contributed by atoms with Crippen molar-refractivity contribution in [3.8, 4) is 0 Å². The first-order valence-electron chi connectivity index (χ1n) is 3.55. The Kier molecular flexibility index (Phi) is 3.87. The second kappa shape index (κ2) is 4.77. The van der Waals surface area contributed by atoms with Crippen molar-refractivity contribution in [2.75, 3.05) is 0 Å². The monoisotopic (exact) mass is 250 g/mol. The van der Waals surface area contributed by atoms with Crippen LogP contribution in [0.2, 0.25) is 4.47 Å². The third-order valence-corrected chi connectivity index (χ3v) is 4.01. The first kappa shape index (κ1) is 8.11. The summed E-state index contributed by atoms with van der Waals surface area (Å²) in [7, 11) is 0. The summed E-state index contributed by atoms with van der Waals surface area (Å²) >= 11 is 0.293. The van der Waals surface area contributed by atoms with Gasteiger partial charge in [-0.15, -0.1) is 0 Å². The van der Waals surface area contributed by atoms with Gasteiger partial charge in [0.1, 0.15) is 0 Å². The fourth-order valence-electron chi connectivity index (χ4n) is 0.794. The van der Waals surface area contributed by atoms with Crippen molar-refractivity contribution in [2.45, 2.75) is 15.9 Å². The molecule has 0 saturated carbocycles. The van der Waals surface area contributed by atoms with Crippen molar-refractivity contribution < 1.29 is 0 Å². The van der Waals surface area contributed by atoms with Crippen LogP contribution in [0, 0.1) is 0 Å². The van der Waals surface area contributed by atoms with Gasteiger partial charge in [-0.05, 0) is 0 Å². The van der Waals surface area contributed by atoms with Crippen molar-refractivity contribution in [3.05, 3.63) is 35.9 Å². The number of hydrogen-bond acceptors (Lipinski definition) is 0. The molecule has 0 heterocycles. The van der Waals surface area contributed by atoms with Gasteiger partial charge in [0.2, 0.25) is 0 Å². The van der Waals surface area contributed by atoms with E-state index in [1.54, 1.807) is 0 Å². The molecule has 54 valence electrons. The second-order valence-electron chi connectivity index (χ2n) is 2.12. The normalized spacial score (nSPS) is 9.70. The molecule has 0 aliphatic heterocycles. The maximum absolute atomic E-state index is 2.28. The predicted molar refractivity (Wildman–Crippen MR) is 46.4 cm³/mol. The van der Waals surface area contributed by atoms with Gasteiger partial charge in [-0.25, -0.2) is 0 Å². The summed E-state index contributed by atoms with van der Waals surface area (Å²) in [5.41, 5.74) is 1.52. The van der Waals surface area contributed by atoms with Crippen LogP contribution in [-0.2, 0) is 4.47 Å². The van der Waals surface area contributed by atoms with Crippen LogP contribution in [-0.4, -0.2) is 20.9 Å². The Morgan fingerprint density at radius 3 is 2.50 bits per heavy atom. The molecule has 0 atom stereocenters. The van der Waals surface area contributed by atoms with E-state index in [4.69, 9.17) is 0 Å². The Labute approximate surface area is 72.7 Å². The fraction of sp³-hybridized carbons (Fsp3) is 0.333. The first-order valence-corrected chi connectivity index (χ1v) is 6.84. The van der Waals surface area contributed by atoms with Gasteiger partial charge in [0.05, 0.1) is 0 Å². The van der Waals surface area contributed by atoms with Crippen LogP contribution in [0.4, 0.5) is 0 Å². The Morgan fingerprint density at radius 2 is 1.90 bits per heavy atom. The van der Waals surface area contributed by atoms with Gasteiger partial charge >= 0.3 is 72.7 Å². The molecule has 1 aromatic carbocycles. The fourth-order valence-corrected chi connectivity index (χ4v) is 2.60. The van der Waals surface area contributed by atoms with Gasteiger partial charge in [-0.2, -0.15) is 0 Å². The van der Waals surface area contributed by atoms with E-state index in [0.717, 1.165) is 0 Å². The molecule has 0 fully saturated rings. The Hall–Kier alpha value is 0.00961. The van der Waals surface area contributed by atoms with Gasteiger partial charge in [0.15, 0.2) is 0 Å². The van der Waals surface area contributed by atoms with Crippen molar-refractivity contribution in [1.82, 2.24) is 0 Å². The maximum atomic E-state index is 2.28.